The van der Waals surface area contributed by atoms with Gasteiger partial charge in [0.1, 0.15) is 5.82 Å². The summed E-state index contributed by atoms with van der Waals surface area (Å²) < 4.78 is 101. The summed E-state index contributed by atoms with van der Waals surface area (Å²) in [6.45, 7) is 2.52. The van der Waals surface area contributed by atoms with Gasteiger partial charge in [-0.25, -0.2) is 14.0 Å². The summed E-state index contributed by atoms with van der Waals surface area (Å²) >= 11 is 0. The minimum Gasteiger partial charge on any atom is -0.419 e. The number of cyclic esters (lactones) is 2. The van der Waals surface area contributed by atoms with Crippen LogP contribution in [0, 0.1) is 5.82 Å². The van der Waals surface area contributed by atoms with Gasteiger partial charge in [0, 0.05) is 25.6 Å². The van der Waals surface area contributed by atoms with E-state index in [0.29, 0.717) is 12.3 Å². The lowest BCUT2D eigenvalue weighted by atomic mass is 9.92. The quantitative estimate of drug-likeness (QED) is 0.331. The van der Waals surface area contributed by atoms with Gasteiger partial charge in [-0.05, 0) is 12.1 Å². The molecule has 1 aliphatic heterocycles. The minimum atomic E-state index is -6.18. The van der Waals surface area contributed by atoms with Crippen molar-refractivity contribution in [2.75, 3.05) is 5.32 Å². The largest absolute Gasteiger partial charge is 0.430 e. The topological polar surface area (TPSA) is 84.9 Å². The van der Waals surface area contributed by atoms with Crippen LogP contribution in [-0.2, 0) is 24.7 Å². The molecule has 0 amide bonds. The summed E-state index contributed by atoms with van der Waals surface area (Å²) in [4.78, 5) is 23.4. The Balaban J connectivity index is 2.36. The van der Waals surface area contributed by atoms with E-state index in [-0.39, 0.29) is 12.1 Å². The third kappa shape index (κ3) is 4.13. The molecule has 160 valence electrons. The van der Waals surface area contributed by atoms with E-state index in [9.17, 15) is 45.4 Å². The summed E-state index contributed by atoms with van der Waals surface area (Å²) in [5.74, 6) is -5.50. The second-order valence-electron chi connectivity index (χ2n) is 6.28. The molecule has 1 aromatic rings. The van der Waals surface area contributed by atoms with Gasteiger partial charge in [-0.2, -0.15) is 26.3 Å². The number of alkyl halides is 6. The third-order valence-corrected chi connectivity index (χ3v) is 3.70. The van der Waals surface area contributed by atoms with Gasteiger partial charge >= 0.3 is 24.3 Å². The van der Waals surface area contributed by atoms with Crippen molar-refractivity contribution in [3.63, 3.8) is 0 Å². The summed E-state index contributed by atoms with van der Waals surface area (Å²) in [6, 6.07) is 0.460. The second-order valence-corrected chi connectivity index (χ2v) is 6.28. The number of carbonyl (C=O) groups is 2. The van der Waals surface area contributed by atoms with Crippen LogP contribution < -0.4 is 5.32 Å². The predicted molar refractivity (Wildman–Crippen MR) is 80.4 cm³/mol. The Bertz CT molecular complexity index is 837. The van der Waals surface area contributed by atoms with E-state index in [2.05, 4.69) is 0 Å². The SMILES string of the molecule is CC1(C)OC(=O)C(=CNc2ccc(C(O)(C(F)(F)F)C(F)(F)F)cc2F)C(=O)O1. The van der Waals surface area contributed by atoms with Gasteiger partial charge < -0.3 is 19.9 Å². The Morgan fingerprint density at radius 3 is 1.90 bits per heavy atom. The number of nitrogens with one attached hydrogen (secondary N) is 1. The lowest BCUT2D eigenvalue weighted by molar-refractivity contribution is -0.376. The zero-order valence-corrected chi connectivity index (χ0v) is 14.5. The smallest absolute Gasteiger partial charge is 0.419 e. The van der Waals surface area contributed by atoms with Crippen LogP contribution >= 0.6 is 0 Å². The molecule has 0 aromatic heterocycles. The van der Waals surface area contributed by atoms with Gasteiger partial charge in [-0.3, -0.25) is 0 Å². The van der Waals surface area contributed by atoms with Gasteiger partial charge in [-0.1, -0.05) is 6.07 Å². The lowest BCUT2D eigenvalue weighted by Crippen LogP contribution is -2.53. The molecular weight excluding hydrogens is 419 g/mol. The van der Waals surface area contributed by atoms with Crippen LogP contribution in [0.25, 0.3) is 0 Å². The second kappa shape index (κ2) is 6.90. The van der Waals surface area contributed by atoms with E-state index in [1.807, 2.05) is 5.32 Å². The molecule has 6 nitrogen and oxygen atoms in total. The van der Waals surface area contributed by atoms with E-state index in [1.54, 1.807) is 0 Å². The van der Waals surface area contributed by atoms with Crippen molar-refractivity contribution in [1.82, 2.24) is 0 Å². The van der Waals surface area contributed by atoms with Crippen molar-refractivity contribution in [2.45, 2.75) is 37.6 Å². The summed E-state index contributed by atoms with van der Waals surface area (Å²) in [5, 5.41) is 11.3. The summed E-state index contributed by atoms with van der Waals surface area (Å²) in [7, 11) is 0. The van der Waals surface area contributed by atoms with E-state index >= 15 is 0 Å². The van der Waals surface area contributed by atoms with Crippen molar-refractivity contribution in [1.29, 1.82) is 0 Å². The third-order valence-electron chi connectivity index (χ3n) is 3.70. The molecular formula is C16H12F7NO5. The summed E-state index contributed by atoms with van der Waals surface area (Å²) in [6.07, 6.45) is -11.8. The van der Waals surface area contributed by atoms with Gasteiger partial charge in [0.2, 0.25) is 0 Å². The number of halogens is 7. The Kier molecular flexibility index (Phi) is 5.34. The zero-order chi connectivity index (χ0) is 22.4. The fourth-order valence-electron chi connectivity index (χ4n) is 2.27. The predicted octanol–water partition coefficient (Wildman–Crippen LogP) is 3.27. The fraction of sp³-hybridized carbons (Fsp3) is 0.375. The molecule has 1 aromatic carbocycles. The first-order valence-corrected chi connectivity index (χ1v) is 7.59. The molecule has 0 bridgehead atoms. The molecule has 0 radical (unpaired) electrons. The average Bonchev–Trinajstić information content (AvgIpc) is 2.51. The van der Waals surface area contributed by atoms with Crippen molar-refractivity contribution in [3.8, 4) is 0 Å². The number of aliphatic hydroxyl groups is 1. The number of anilines is 1. The standard InChI is InChI=1S/C16H12F7NO5/c1-13(2)28-11(25)8(12(26)29-13)6-24-10-4-3-7(5-9(10)17)14(27,15(18,19)20)16(21,22)23/h3-6,24,27H,1-2H3. The molecule has 0 unspecified atom stereocenters. The number of hydrogen-bond acceptors (Lipinski definition) is 6. The Labute approximate surface area is 157 Å². The highest BCUT2D eigenvalue weighted by atomic mass is 19.4. The molecule has 1 heterocycles. The highest BCUT2D eigenvalue weighted by Gasteiger charge is 2.71. The van der Waals surface area contributed by atoms with Crippen molar-refractivity contribution in [3.05, 3.63) is 41.4 Å². The molecule has 2 rings (SSSR count). The number of esters is 2. The molecule has 1 fully saturated rings. The molecule has 0 saturated carbocycles. The Morgan fingerprint density at radius 1 is 1.00 bits per heavy atom. The van der Waals surface area contributed by atoms with E-state index in [1.165, 1.54) is 13.8 Å². The number of rotatable bonds is 3. The van der Waals surface area contributed by atoms with E-state index in [0.717, 1.165) is 0 Å². The van der Waals surface area contributed by atoms with Crippen molar-refractivity contribution < 1.29 is 54.9 Å². The van der Waals surface area contributed by atoms with Gasteiger partial charge in [-0.15, -0.1) is 0 Å². The molecule has 1 saturated heterocycles. The summed E-state index contributed by atoms with van der Waals surface area (Å²) in [5.41, 5.74) is -8.54. The molecule has 0 spiro atoms. The van der Waals surface area contributed by atoms with Crippen LogP contribution in [0.4, 0.5) is 36.4 Å². The van der Waals surface area contributed by atoms with Crippen LogP contribution in [0.5, 0.6) is 0 Å². The number of hydrogen-bond donors (Lipinski definition) is 2. The highest BCUT2D eigenvalue weighted by molar-refractivity contribution is 6.15. The first-order chi connectivity index (χ1) is 13.0. The van der Waals surface area contributed by atoms with Crippen molar-refractivity contribution in [2.24, 2.45) is 0 Å². The molecule has 29 heavy (non-hydrogen) atoms. The van der Waals surface area contributed by atoms with Crippen LogP contribution in [0.15, 0.2) is 30.0 Å². The highest BCUT2D eigenvalue weighted by Crippen LogP contribution is 2.50. The molecule has 13 heteroatoms. The normalized spacial score (nSPS) is 17.5. The number of carbonyl (C=O) groups excluding carboxylic acids is 2. The number of benzene rings is 1. The van der Waals surface area contributed by atoms with Gasteiger partial charge in [0.15, 0.2) is 5.57 Å². The van der Waals surface area contributed by atoms with Gasteiger partial charge in [0.05, 0.1) is 5.69 Å². The van der Waals surface area contributed by atoms with Crippen LogP contribution in [0.3, 0.4) is 0 Å². The zero-order valence-electron chi connectivity index (χ0n) is 14.5. The first kappa shape index (κ1) is 22.5. The molecule has 2 N–H and O–H groups in total. The molecule has 0 aliphatic carbocycles. The van der Waals surface area contributed by atoms with Crippen molar-refractivity contribution >= 4 is 17.6 Å². The fourth-order valence-corrected chi connectivity index (χ4v) is 2.27. The van der Waals surface area contributed by atoms with Crippen LogP contribution in [0.2, 0.25) is 0 Å². The number of ether oxygens (including phenoxy) is 2. The maximum absolute atomic E-state index is 14.1. The first-order valence-electron chi connectivity index (χ1n) is 7.59. The van der Waals surface area contributed by atoms with Gasteiger partial charge in [0.25, 0.3) is 11.4 Å². The molecule has 0 atom stereocenters. The van der Waals surface area contributed by atoms with E-state index < -0.39 is 58.3 Å². The monoisotopic (exact) mass is 431 g/mol. The minimum absolute atomic E-state index is 0.178. The van der Waals surface area contributed by atoms with Crippen LogP contribution in [0.1, 0.15) is 19.4 Å². The maximum atomic E-state index is 14.1. The molecule has 1 aliphatic rings. The average molecular weight is 431 g/mol. The Morgan fingerprint density at radius 2 is 1.48 bits per heavy atom. The lowest BCUT2D eigenvalue weighted by Gasteiger charge is -2.32. The Hall–Kier alpha value is -2.83. The maximum Gasteiger partial charge on any atom is 0.430 e. The van der Waals surface area contributed by atoms with E-state index in [4.69, 9.17) is 9.47 Å². The van der Waals surface area contributed by atoms with Crippen LogP contribution in [-0.4, -0.2) is 35.2 Å².